The summed E-state index contributed by atoms with van der Waals surface area (Å²) in [5.74, 6) is -2.29. The molecular formula is C94H95N12O21P. The number of benzene rings is 8. The van der Waals surface area contributed by atoms with Crippen LogP contribution in [0.1, 0.15) is 132 Å². The van der Waals surface area contributed by atoms with Crippen molar-refractivity contribution in [2.24, 2.45) is 0 Å². The van der Waals surface area contributed by atoms with E-state index in [4.69, 9.17) is 51.5 Å². The molecule has 8 aromatic carbocycles. The van der Waals surface area contributed by atoms with Gasteiger partial charge in [0, 0.05) is 76.0 Å². The minimum atomic E-state index is -5.01. The Morgan fingerprint density at radius 2 is 1.26 bits per heavy atom. The van der Waals surface area contributed by atoms with Crippen molar-refractivity contribution < 1.29 is 89.6 Å². The molecule has 4 unspecified atom stereocenters. The minimum absolute atomic E-state index is 0.0602. The molecule has 3 aromatic heterocycles. The molecule has 34 heteroatoms. The quantitative estimate of drug-likeness (QED) is 0.00781. The van der Waals surface area contributed by atoms with Crippen molar-refractivity contribution in [3.05, 3.63) is 290 Å². The number of H-pyrrole nitrogens is 1. The predicted molar refractivity (Wildman–Crippen MR) is 468 cm³/mol. The summed E-state index contributed by atoms with van der Waals surface area (Å²) in [5.41, 5.74) is 8.18. The maximum absolute atomic E-state index is 15.6. The van der Waals surface area contributed by atoms with Crippen LogP contribution >= 0.6 is 7.82 Å². The van der Waals surface area contributed by atoms with Crippen LogP contribution in [0.2, 0.25) is 0 Å². The summed E-state index contributed by atoms with van der Waals surface area (Å²) in [6.45, 7) is 1.08. The highest BCUT2D eigenvalue weighted by Gasteiger charge is 2.45. The Hall–Kier alpha value is -13.8. The van der Waals surface area contributed by atoms with Crippen LogP contribution in [-0.4, -0.2) is 167 Å². The number of fused-ring (bicyclic) bond motifs is 7. The van der Waals surface area contributed by atoms with E-state index in [2.05, 4.69) is 53.3 Å². The topological polar surface area (TPSA) is 412 Å². The first-order valence-corrected chi connectivity index (χ1v) is 43.1. The molecule has 1 fully saturated rings. The Balaban J connectivity index is 0.644. The second-order valence-electron chi connectivity index (χ2n) is 30.7. The molecule has 0 saturated carbocycles. The second-order valence-corrected chi connectivity index (χ2v) is 32.3. The van der Waals surface area contributed by atoms with Gasteiger partial charge in [-0.3, -0.25) is 57.0 Å². The van der Waals surface area contributed by atoms with Crippen LogP contribution in [0.3, 0.4) is 0 Å². The first-order chi connectivity index (χ1) is 62.1. The molecule has 2 aliphatic carbocycles. The van der Waals surface area contributed by atoms with Crippen molar-refractivity contribution in [1.82, 2.24) is 44.6 Å². The molecule has 4 heterocycles. The number of esters is 1. The lowest BCUT2D eigenvalue weighted by atomic mass is 9.80. The number of amides is 5. The van der Waals surface area contributed by atoms with Gasteiger partial charge < -0.3 is 63.5 Å². The van der Waals surface area contributed by atoms with Crippen molar-refractivity contribution in [2.75, 3.05) is 78.0 Å². The number of nitrogens with zero attached hydrogens (tertiary/aromatic N) is 7. The number of imidazole rings is 1. The number of rotatable bonds is 41. The molecule has 33 nitrogen and oxygen atoms in total. The maximum atomic E-state index is 15.6. The maximum Gasteiger partial charge on any atom is 0.475 e. The zero-order chi connectivity index (χ0) is 89.9. The van der Waals surface area contributed by atoms with Crippen LogP contribution in [0.5, 0.6) is 11.5 Å². The number of nitrogens with one attached hydrogen (secondary N) is 5. The summed E-state index contributed by atoms with van der Waals surface area (Å²) in [5, 5.41) is 20.5. The van der Waals surface area contributed by atoms with E-state index in [-0.39, 0.29) is 124 Å². The number of nitriles is 1. The van der Waals surface area contributed by atoms with Gasteiger partial charge in [0.25, 0.3) is 11.5 Å². The normalized spacial score (nSPS) is 15.3. The van der Waals surface area contributed by atoms with E-state index in [9.17, 15) is 48.4 Å². The highest BCUT2D eigenvalue weighted by Crippen LogP contribution is 2.53. The van der Waals surface area contributed by atoms with Crippen LogP contribution in [0.15, 0.2) is 228 Å². The molecule has 14 rings (SSSR count). The molecule has 1 aliphatic heterocycles. The number of Topliss-reactive ketones (excluding diaryl/α,β-unsaturated/α-hetero) is 1. The monoisotopic (exact) mass is 1760 g/mol. The van der Waals surface area contributed by atoms with Crippen molar-refractivity contribution >= 4 is 72.4 Å². The molecule has 5 amide bonds. The number of alkyl carbamates (subject to hydrolysis) is 1. The van der Waals surface area contributed by atoms with Gasteiger partial charge in [0.15, 0.2) is 11.2 Å². The fourth-order valence-corrected chi connectivity index (χ4v) is 17.0. The molecule has 0 spiro atoms. The summed E-state index contributed by atoms with van der Waals surface area (Å²) in [6, 6.07) is 65.6. The van der Waals surface area contributed by atoms with Gasteiger partial charge in [-0.15, -0.1) is 0 Å². The van der Waals surface area contributed by atoms with Crippen LogP contribution in [0.25, 0.3) is 33.4 Å². The van der Waals surface area contributed by atoms with E-state index >= 15 is 4.57 Å². The average molecular weight is 1760 g/mol. The van der Waals surface area contributed by atoms with Crippen LogP contribution in [0.4, 0.5) is 21.4 Å². The standard InChI is InChI=1S/C94H95N12O21P/c1-59(107)30-43-85(110)126-78-51-84(106-49-45-81(100-91(106)113)99-82(108)29-17-48-104(3)93(115)120-54-77-74-27-15-11-23-70(74)71-24-12-16-28-75(71)77)125-80(78)56-124-128(116,123-50-18-46-95)127-60(2)79(55-122-94(63-19-7-6-8-20-63,64-35-39-66(117-4)40-36-64)65-37-41-67(118-5)42-38-65)121-58-105-57-98-86-87(105)102-90(103-89(86)112)101-83(109)44-47-96-88(111)62-33-31-61(32-34-62)52-97-92(114)119-53-76-72-25-13-9-21-68(72)69-22-10-14-26-73(69)76/h6-16,19-28,31-42,45,49,57,60,76-80,84H,17-18,29-30,43-44,47-48,50-56,58H2,1-5H3,(H,96,111)(H,97,114)(H,99,100,108,113)(H2,101,102,103,109,112)/t60?,78?,79-,80-,84?,128?/m1/s1. The first-order valence-electron chi connectivity index (χ1n) is 41.6. The molecule has 128 heavy (non-hydrogen) atoms. The number of carbonyl (C=O) groups is 7. The van der Waals surface area contributed by atoms with Crippen LogP contribution < -0.4 is 42.0 Å². The lowest BCUT2D eigenvalue weighted by Crippen LogP contribution is -2.40. The third kappa shape index (κ3) is 21.8. The highest BCUT2D eigenvalue weighted by atomic mass is 31.2. The third-order valence-corrected chi connectivity index (χ3v) is 23.8. The third-order valence-electron chi connectivity index (χ3n) is 22.2. The molecular weight excluding hydrogens is 1660 g/mol. The number of anilines is 2. The molecule has 3 aliphatic rings. The van der Waals surface area contributed by atoms with Crippen LogP contribution in [-0.2, 0) is 84.6 Å². The fraction of sp³-hybridized carbons (Fsp3) is 0.309. The Morgan fingerprint density at radius 1 is 0.672 bits per heavy atom. The molecule has 0 radical (unpaired) electrons. The molecule has 11 aromatic rings. The Bertz CT molecular complexity index is 5910. The van der Waals surface area contributed by atoms with Gasteiger partial charge in [-0.25, -0.2) is 23.9 Å². The van der Waals surface area contributed by atoms with Gasteiger partial charge in [-0.05, 0) is 129 Å². The molecule has 662 valence electrons. The molecule has 5 N–H and O–H groups in total. The van der Waals surface area contributed by atoms with Crippen molar-refractivity contribution in [1.29, 1.82) is 5.26 Å². The van der Waals surface area contributed by atoms with Gasteiger partial charge >= 0.3 is 31.7 Å². The average Bonchev–Trinajstić information content (AvgIpc) is 1.31. The molecule has 1 saturated heterocycles. The smallest absolute Gasteiger partial charge is 0.475 e. The fourth-order valence-electron chi connectivity index (χ4n) is 15.6. The number of aromatic amines is 1. The Labute approximate surface area is 735 Å². The number of phosphoric acid groups is 1. The number of ketones is 1. The summed E-state index contributed by atoms with van der Waals surface area (Å²) in [7, 11) is -0.364. The van der Waals surface area contributed by atoms with E-state index in [1.54, 1.807) is 55.6 Å². The predicted octanol–water partition coefficient (Wildman–Crippen LogP) is 13.2. The SMILES string of the molecule is COc1ccc(C(OC[C@@H](OCn2cnc3c(=O)[nH]c(NC(=O)CCNC(=O)c4ccc(CNC(=O)OCC5c6ccccc6-c6ccccc65)cc4)nc32)C(C)OP(=O)(OCCC#N)OC[C@H]2OC(n3ccc(NC(=O)CCCN(C)C(=O)OCC4c5ccccc5-c5ccccc54)nc3=O)CC2OC(=O)CCC(C)=O)(c2ccccc2)c2ccc(OC)cc2)cc1. The summed E-state index contributed by atoms with van der Waals surface area (Å²) >= 11 is 0. The Kier molecular flexibility index (Phi) is 29.6. The number of aromatic nitrogens is 6. The Morgan fingerprint density at radius 3 is 1.85 bits per heavy atom. The largest absolute Gasteiger partial charge is 0.497 e. The van der Waals surface area contributed by atoms with E-state index < -0.39 is 118 Å². The number of methoxy groups -OCH3 is 2. The second kappa shape index (κ2) is 42.0. The van der Waals surface area contributed by atoms with Crippen molar-refractivity contribution in [3.63, 3.8) is 0 Å². The summed E-state index contributed by atoms with van der Waals surface area (Å²) in [6.07, 6.45) is -6.28. The minimum Gasteiger partial charge on any atom is -0.497 e. The molecule has 0 bridgehead atoms. The van der Waals surface area contributed by atoms with E-state index in [1.165, 1.54) is 56.1 Å². The zero-order valence-corrected chi connectivity index (χ0v) is 71.7. The number of carbonyl (C=O) groups excluding carboxylic acids is 7. The highest BCUT2D eigenvalue weighted by molar-refractivity contribution is 7.48. The van der Waals surface area contributed by atoms with E-state index in [0.29, 0.717) is 33.8 Å². The van der Waals surface area contributed by atoms with Gasteiger partial charge in [0.1, 0.15) is 73.2 Å². The van der Waals surface area contributed by atoms with Crippen molar-refractivity contribution in [2.45, 2.75) is 120 Å². The number of phosphoric ester groups is 1. The lowest BCUT2D eigenvalue weighted by molar-refractivity contribution is -0.154. The number of hydrogen-bond acceptors (Lipinski definition) is 25. The van der Waals surface area contributed by atoms with Gasteiger partial charge in [0.2, 0.25) is 17.8 Å². The summed E-state index contributed by atoms with van der Waals surface area (Å²) < 4.78 is 85.5. The van der Waals surface area contributed by atoms with Gasteiger partial charge in [-0.2, -0.15) is 15.2 Å². The van der Waals surface area contributed by atoms with Crippen molar-refractivity contribution in [3.8, 4) is 39.8 Å². The summed E-state index contributed by atoms with van der Waals surface area (Å²) in [4.78, 5) is 137. The zero-order valence-electron chi connectivity index (χ0n) is 70.8. The first kappa shape index (κ1) is 90.4. The number of hydrogen-bond donors (Lipinski definition) is 5. The molecule has 6 atom stereocenters. The van der Waals surface area contributed by atoms with Gasteiger partial charge in [0.05, 0.1) is 65.4 Å². The van der Waals surface area contributed by atoms with Crippen LogP contribution in [0, 0.1) is 11.3 Å². The lowest BCUT2D eigenvalue weighted by Gasteiger charge is -2.38. The van der Waals surface area contributed by atoms with Gasteiger partial charge in [-0.1, -0.05) is 164 Å². The van der Waals surface area contributed by atoms with E-state index in [1.807, 2.05) is 146 Å². The van der Waals surface area contributed by atoms with E-state index in [0.717, 1.165) is 49.1 Å². The number of ether oxygens (including phenoxy) is 8.